The molecule has 1 aliphatic heterocycles. The molecule has 1 heterocycles. The lowest BCUT2D eigenvalue weighted by Gasteiger charge is -2.40. The Morgan fingerprint density at radius 3 is 2.20 bits per heavy atom. The molecule has 198 valence electrons. The van der Waals surface area contributed by atoms with Crippen LogP contribution in [-0.4, -0.2) is 41.9 Å². The van der Waals surface area contributed by atoms with Crippen LogP contribution in [0.15, 0.2) is 18.2 Å². The van der Waals surface area contributed by atoms with Crippen molar-refractivity contribution in [3.05, 3.63) is 34.9 Å². The van der Waals surface area contributed by atoms with Crippen molar-refractivity contribution in [2.24, 2.45) is 11.3 Å². The van der Waals surface area contributed by atoms with E-state index in [4.69, 9.17) is 4.74 Å². The number of carbonyl (C=O) groups is 1. The van der Waals surface area contributed by atoms with Crippen LogP contribution < -0.4 is 10.6 Å². The molecule has 1 amide bonds. The Labute approximate surface area is 200 Å². The molecule has 4 atom stereocenters. The summed E-state index contributed by atoms with van der Waals surface area (Å²) >= 11 is 0. The standard InChI is InChI=1S/C24H32F6N2O3/c1-14-13-35-7-5-19(14)32-18-4-6-22(11-18,21(2,3)34)20(33)31-12-15-8-16(23(25,26)27)10-17(9-15)24(28,29)30/h8-10,14,18-19,32,34H,4-7,11-13H2,1-3H3,(H,31,33)/t14?,18?,19?,22-/m1/s1. The number of nitrogens with one attached hydrogen (secondary N) is 2. The van der Waals surface area contributed by atoms with E-state index in [1.165, 1.54) is 13.8 Å². The van der Waals surface area contributed by atoms with E-state index in [0.29, 0.717) is 44.6 Å². The van der Waals surface area contributed by atoms with Crippen LogP contribution in [0.3, 0.4) is 0 Å². The van der Waals surface area contributed by atoms with E-state index in [2.05, 4.69) is 17.6 Å². The zero-order valence-corrected chi connectivity index (χ0v) is 19.9. The van der Waals surface area contributed by atoms with E-state index in [-0.39, 0.29) is 29.6 Å². The van der Waals surface area contributed by atoms with E-state index in [9.17, 15) is 36.2 Å². The monoisotopic (exact) mass is 510 g/mol. The molecule has 0 radical (unpaired) electrons. The fraction of sp³-hybridized carbons (Fsp3) is 0.708. The summed E-state index contributed by atoms with van der Waals surface area (Å²) in [5, 5.41) is 17.0. The van der Waals surface area contributed by atoms with Gasteiger partial charge in [0.05, 0.1) is 28.7 Å². The van der Waals surface area contributed by atoms with Crippen molar-refractivity contribution in [1.29, 1.82) is 0 Å². The van der Waals surface area contributed by atoms with Crippen molar-refractivity contribution in [2.45, 2.75) is 83.0 Å². The summed E-state index contributed by atoms with van der Waals surface area (Å²) in [7, 11) is 0. The van der Waals surface area contributed by atoms with E-state index < -0.39 is 46.9 Å². The molecule has 1 aromatic rings. The van der Waals surface area contributed by atoms with Crippen LogP contribution in [-0.2, 0) is 28.4 Å². The first-order valence-corrected chi connectivity index (χ1v) is 11.7. The molecule has 3 N–H and O–H groups in total. The second-order valence-electron chi connectivity index (χ2n) is 10.3. The number of amides is 1. The Balaban J connectivity index is 1.77. The highest BCUT2D eigenvalue weighted by Crippen LogP contribution is 2.47. The van der Waals surface area contributed by atoms with Gasteiger partial charge in [-0.15, -0.1) is 0 Å². The number of ether oxygens (including phenoxy) is 1. The second kappa shape index (κ2) is 9.89. The SMILES string of the molecule is CC1COCCC1NC1CC[C@@](C(=O)NCc2cc(C(F)(F)F)cc(C(F)(F)F)c2)(C(C)(C)O)C1. The molecule has 2 fully saturated rings. The van der Waals surface area contributed by atoms with Crippen molar-refractivity contribution in [3.63, 3.8) is 0 Å². The third-order valence-corrected chi connectivity index (χ3v) is 7.31. The van der Waals surface area contributed by atoms with Gasteiger partial charge in [0.2, 0.25) is 5.91 Å². The predicted octanol–water partition coefficient (Wildman–Crippen LogP) is 4.66. The summed E-state index contributed by atoms with van der Waals surface area (Å²) in [6, 6.07) is 1.37. The molecule has 2 aliphatic rings. The minimum absolute atomic E-state index is 0.0498. The molecule has 1 saturated carbocycles. The first kappa shape index (κ1) is 27.7. The van der Waals surface area contributed by atoms with Crippen LogP contribution in [0.2, 0.25) is 0 Å². The zero-order chi connectivity index (χ0) is 26.2. The van der Waals surface area contributed by atoms with Crippen molar-refractivity contribution in [3.8, 4) is 0 Å². The van der Waals surface area contributed by atoms with Gasteiger partial charge in [-0.3, -0.25) is 4.79 Å². The summed E-state index contributed by atoms with van der Waals surface area (Å²) in [6.45, 7) is 5.78. The van der Waals surface area contributed by atoms with Gasteiger partial charge in [0.15, 0.2) is 0 Å². The van der Waals surface area contributed by atoms with Crippen molar-refractivity contribution in [1.82, 2.24) is 10.6 Å². The van der Waals surface area contributed by atoms with E-state index in [1.54, 1.807) is 0 Å². The molecular formula is C24H32F6N2O3. The predicted molar refractivity (Wildman–Crippen MR) is 116 cm³/mol. The first-order chi connectivity index (χ1) is 16.0. The molecule has 1 saturated heterocycles. The van der Waals surface area contributed by atoms with Crippen molar-refractivity contribution < 1.29 is 41.0 Å². The minimum Gasteiger partial charge on any atom is -0.389 e. The van der Waals surface area contributed by atoms with Crippen LogP contribution in [0.5, 0.6) is 0 Å². The molecule has 11 heteroatoms. The molecule has 3 rings (SSSR count). The van der Waals surface area contributed by atoms with Gasteiger partial charge in [-0.1, -0.05) is 6.92 Å². The maximum absolute atomic E-state index is 13.3. The Kier molecular flexibility index (Phi) is 7.84. The Bertz CT molecular complexity index is 880. The lowest BCUT2D eigenvalue weighted by Crippen LogP contribution is -2.54. The average molecular weight is 511 g/mol. The van der Waals surface area contributed by atoms with Crippen LogP contribution in [0.25, 0.3) is 0 Å². The van der Waals surface area contributed by atoms with Crippen LogP contribution >= 0.6 is 0 Å². The number of aliphatic hydroxyl groups is 1. The van der Waals surface area contributed by atoms with Crippen LogP contribution in [0, 0.1) is 11.3 Å². The zero-order valence-electron chi connectivity index (χ0n) is 19.9. The van der Waals surface area contributed by atoms with Gasteiger partial charge in [-0.05, 0) is 69.2 Å². The highest BCUT2D eigenvalue weighted by molar-refractivity contribution is 5.84. The number of benzene rings is 1. The van der Waals surface area contributed by atoms with Crippen LogP contribution in [0.4, 0.5) is 26.3 Å². The summed E-state index contributed by atoms with van der Waals surface area (Å²) in [6.07, 6.45) is -7.91. The summed E-state index contributed by atoms with van der Waals surface area (Å²) in [5.41, 5.74) is -5.91. The van der Waals surface area contributed by atoms with Crippen molar-refractivity contribution >= 4 is 5.91 Å². The first-order valence-electron chi connectivity index (χ1n) is 11.7. The van der Waals surface area contributed by atoms with Crippen molar-refractivity contribution in [2.75, 3.05) is 13.2 Å². The van der Waals surface area contributed by atoms with E-state index >= 15 is 0 Å². The molecule has 1 aliphatic carbocycles. The smallest absolute Gasteiger partial charge is 0.389 e. The van der Waals surface area contributed by atoms with Crippen LogP contribution in [0.1, 0.15) is 63.1 Å². The highest BCUT2D eigenvalue weighted by atomic mass is 19.4. The molecule has 0 bridgehead atoms. The molecule has 35 heavy (non-hydrogen) atoms. The maximum atomic E-state index is 13.3. The lowest BCUT2D eigenvalue weighted by atomic mass is 9.71. The molecular weight excluding hydrogens is 478 g/mol. The number of hydrogen-bond acceptors (Lipinski definition) is 4. The average Bonchev–Trinajstić information content (AvgIpc) is 3.17. The van der Waals surface area contributed by atoms with Gasteiger partial charge < -0.3 is 20.5 Å². The van der Waals surface area contributed by atoms with Gasteiger partial charge in [0.25, 0.3) is 0 Å². The number of alkyl halides is 6. The third-order valence-electron chi connectivity index (χ3n) is 7.31. The fourth-order valence-corrected chi connectivity index (χ4v) is 5.13. The number of rotatable bonds is 6. The summed E-state index contributed by atoms with van der Waals surface area (Å²) in [4.78, 5) is 13.3. The fourth-order valence-electron chi connectivity index (χ4n) is 5.13. The number of carbonyl (C=O) groups excluding carboxylic acids is 1. The van der Waals surface area contributed by atoms with Gasteiger partial charge >= 0.3 is 12.4 Å². The molecule has 0 spiro atoms. The third kappa shape index (κ3) is 6.29. The highest BCUT2D eigenvalue weighted by Gasteiger charge is 2.54. The lowest BCUT2D eigenvalue weighted by molar-refractivity contribution is -0.146. The quantitative estimate of drug-likeness (QED) is 0.487. The largest absolute Gasteiger partial charge is 0.416 e. The van der Waals surface area contributed by atoms with Gasteiger partial charge in [-0.2, -0.15) is 26.3 Å². The Hall–Kier alpha value is -1.85. The molecule has 3 unspecified atom stereocenters. The van der Waals surface area contributed by atoms with E-state index in [1.807, 2.05) is 0 Å². The van der Waals surface area contributed by atoms with Gasteiger partial charge in [0.1, 0.15) is 0 Å². The maximum Gasteiger partial charge on any atom is 0.416 e. The Morgan fingerprint density at radius 1 is 1.09 bits per heavy atom. The molecule has 0 aromatic heterocycles. The summed E-state index contributed by atoms with van der Waals surface area (Å²) < 4.78 is 84.4. The number of halogens is 6. The summed E-state index contributed by atoms with van der Waals surface area (Å²) in [5.74, 6) is -0.321. The molecule has 1 aromatic carbocycles. The normalized spacial score (nSPS) is 28.2. The Morgan fingerprint density at radius 2 is 1.69 bits per heavy atom. The second-order valence-corrected chi connectivity index (χ2v) is 10.3. The minimum atomic E-state index is -4.97. The number of hydrogen-bond donors (Lipinski definition) is 3. The van der Waals surface area contributed by atoms with Gasteiger partial charge in [-0.25, -0.2) is 0 Å². The van der Waals surface area contributed by atoms with E-state index in [0.717, 1.165) is 6.42 Å². The van der Waals surface area contributed by atoms with Gasteiger partial charge in [0, 0.05) is 25.2 Å². The molecule has 5 nitrogen and oxygen atoms in total. The topological polar surface area (TPSA) is 70.6 Å².